The molecule has 0 saturated heterocycles. The Morgan fingerprint density at radius 3 is 2.20 bits per heavy atom. The lowest BCUT2D eigenvalue weighted by atomic mass is 9.94. The highest BCUT2D eigenvalue weighted by atomic mass is 19.1. The summed E-state index contributed by atoms with van der Waals surface area (Å²) in [5.41, 5.74) is -0.532. The predicted octanol–water partition coefficient (Wildman–Crippen LogP) is 3.14. The lowest BCUT2D eigenvalue weighted by molar-refractivity contribution is -0.128. The molecule has 2 amide bonds. The molecule has 3 rings (SSSR count). The van der Waals surface area contributed by atoms with Crippen LogP contribution in [0.15, 0.2) is 48.5 Å². The van der Waals surface area contributed by atoms with Crippen LogP contribution in [-0.2, 0) is 15.0 Å². The number of carbonyl (C=O) groups excluding carboxylic acids is 2. The summed E-state index contributed by atoms with van der Waals surface area (Å²) in [6, 6.07) is 11.1. The highest BCUT2D eigenvalue weighted by Gasteiger charge is 2.53. The van der Waals surface area contributed by atoms with Crippen LogP contribution in [0.25, 0.3) is 0 Å². The third kappa shape index (κ3) is 3.38. The summed E-state index contributed by atoms with van der Waals surface area (Å²) in [6.45, 7) is 1.51. The monoisotopic (exact) mass is 344 g/mol. The third-order valence-electron chi connectivity index (χ3n) is 4.45. The lowest BCUT2D eigenvalue weighted by Gasteiger charge is -2.20. The van der Waals surface area contributed by atoms with Crippen molar-refractivity contribution in [2.24, 2.45) is 0 Å². The maximum atomic E-state index is 14.0. The molecule has 2 aromatic rings. The second-order valence-electron chi connectivity index (χ2n) is 6.23. The molecule has 0 aromatic heterocycles. The minimum absolute atomic E-state index is 0.0452. The van der Waals surface area contributed by atoms with Crippen LogP contribution in [0.4, 0.5) is 14.5 Å². The van der Waals surface area contributed by atoms with E-state index in [1.165, 1.54) is 31.2 Å². The normalized spacial score (nSPS) is 16.0. The number of anilines is 1. The van der Waals surface area contributed by atoms with Crippen molar-refractivity contribution in [2.45, 2.75) is 31.2 Å². The largest absolute Gasteiger partial charge is 0.344 e. The third-order valence-corrected chi connectivity index (χ3v) is 4.45. The summed E-state index contributed by atoms with van der Waals surface area (Å²) in [7, 11) is 0. The molecule has 1 saturated carbocycles. The maximum Gasteiger partial charge on any atom is 0.246 e. The quantitative estimate of drug-likeness (QED) is 0.875. The van der Waals surface area contributed by atoms with E-state index in [1.807, 2.05) is 0 Å². The number of nitrogens with one attached hydrogen (secondary N) is 2. The van der Waals surface area contributed by atoms with Gasteiger partial charge in [0.2, 0.25) is 11.8 Å². The molecule has 1 atom stereocenters. The van der Waals surface area contributed by atoms with Crippen molar-refractivity contribution in [3.63, 3.8) is 0 Å². The first-order valence-corrected chi connectivity index (χ1v) is 8.05. The molecule has 1 aliphatic carbocycles. The average Bonchev–Trinajstić information content (AvgIpc) is 3.39. The fourth-order valence-corrected chi connectivity index (χ4v) is 2.80. The lowest BCUT2D eigenvalue weighted by Crippen LogP contribution is -2.46. The molecule has 0 bridgehead atoms. The van der Waals surface area contributed by atoms with Gasteiger partial charge in [0, 0.05) is 5.56 Å². The van der Waals surface area contributed by atoms with Gasteiger partial charge >= 0.3 is 0 Å². The van der Waals surface area contributed by atoms with Crippen molar-refractivity contribution in [1.29, 1.82) is 0 Å². The van der Waals surface area contributed by atoms with Gasteiger partial charge in [-0.3, -0.25) is 9.59 Å². The average molecular weight is 344 g/mol. The Morgan fingerprint density at radius 1 is 1.00 bits per heavy atom. The van der Waals surface area contributed by atoms with Crippen LogP contribution in [0, 0.1) is 11.6 Å². The second kappa shape index (κ2) is 6.63. The van der Waals surface area contributed by atoms with E-state index in [1.54, 1.807) is 24.3 Å². The summed E-state index contributed by atoms with van der Waals surface area (Å²) in [6.07, 6.45) is 1.06. The Labute approximate surface area is 144 Å². The molecular weight excluding hydrogens is 326 g/mol. The molecule has 4 nitrogen and oxygen atoms in total. The molecule has 6 heteroatoms. The van der Waals surface area contributed by atoms with Gasteiger partial charge in [-0.15, -0.1) is 0 Å². The number of hydrogen-bond donors (Lipinski definition) is 2. The number of amides is 2. The molecule has 0 radical (unpaired) electrons. The predicted molar refractivity (Wildman–Crippen MR) is 89.9 cm³/mol. The topological polar surface area (TPSA) is 58.2 Å². The van der Waals surface area contributed by atoms with Gasteiger partial charge in [-0.25, -0.2) is 8.78 Å². The number of halogens is 2. The molecule has 130 valence electrons. The molecule has 2 N–H and O–H groups in total. The highest BCUT2D eigenvalue weighted by molar-refractivity contribution is 5.99. The standard InChI is InChI=1S/C19H18F2N2O2/c1-12(17(24)23-16-9-5-4-8-15(16)21)22-18(25)19(10-11-19)13-6-2-3-7-14(13)20/h2-9,12H,10-11H2,1H3,(H,22,25)(H,23,24). The first-order chi connectivity index (χ1) is 11.9. The Morgan fingerprint density at radius 2 is 1.60 bits per heavy atom. The van der Waals surface area contributed by atoms with Crippen LogP contribution in [0.2, 0.25) is 0 Å². The summed E-state index contributed by atoms with van der Waals surface area (Å²) < 4.78 is 27.6. The van der Waals surface area contributed by atoms with E-state index in [9.17, 15) is 18.4 Å². The van der Waals surface area contributed by atoms with Crippen molar-refractivity contribution in [2.75, 3.05) is 5.32 Å². The van der Waals surface area contributed by atoms with Gasteiger partial charge in [-0.2, -0.15) is 0 Å². The molecule has 0 aliphatic heterocycles. The zero-order chi connectivity index (χ0) is 18.0. The zero-order valence-electron chi connectivity index (χ0n) is 13.7. The smallest absolute Gasteiger partial charge is 0.246 e. The fraction of sp³-hybridized carbons (Fsp3) is 0.263. The number of hydrogen-bond acceptors (Lipinski definition) is 2. The second-order valence-corrected chi connectivity index (χ2v) is 6.23. The van der Waals surface area contributed by atoms with Crippen LogP contribution in [0.1, 0.15) is 25.3 Å². The zero-order valence-corrected chi connectivity index (χ0v) is 13.7. The van der Waals surface area contributed by atoms with Crippen LogP contribution in [0.3, 0.4) is 0 Å². The molecule has 2 aromatic carbocycles. The van der Waals surface area contributed by atoms with Crippen LogP contribution >= 0.6 is 0 Å². The van der Waals surface area contributed by atoms with Crippen molar-refractivity contribution < 1.29 is 18.4 Å². The Balaban J connectivity index is 1.68. The van der Waals surface area contributed by atoms with E-state index < -0.39 is 34.9 Å². The Kier molecular flexibility index (Phi) is 4.53. The van der Waals surface area contributed by atoms with E-state index in [4.69, 9.17) is 0 Å². The molecule has 1 unspecified atom stereocenters. The van der Waals surface area contributed by atoms with Crippen molar-refractivity contribution >= 4 is 17.5 Å². The van der Waals surface area contributed by atoms with E-state index in [2.05, 4.69) is 10.6 Å². The van der Waals surface area contributed by atoms with E-state index in [0.29, 0.717) is 18.4 Å². The van der Waals surface area contributed by atoms with E-state index in [-0.39, 0.29) is 5.69 Å². The highest BCUT2D eigenvalue weighted by Crippen LogP contribution is 2.49. The SMILES string of the molecule is CC(NC(=O)C1(c2ccccc2F)CC1)C(=O)Nc1ccccc1F. The van der Waals surface area contributed by atoms with E-state index in [0.717, 1.165) is 0 Å². The van der Waals surface area contributed by atoms with Crippen LogP contribution in [0.5, 0.6) is 0 Å². The van der Waals surface area contributed by atoms with Crippen LogP contribution < -0.4 is 10.6 Å². The molecule has 1 fully saturated rings. The summed E-state index contributed by atoms with van der Waals surface area (Å²) in [4.78, 5) is 24.8. The van der Waals surface area contributed by atoms with Gasteiger partial charge in [-0.1, -0.05) is 30.3 Å². The first-order valence-electron chi connectivity index (χ1n) is 8.05. The summed E-state index contributed by atoms with van der Waals surface area (Å²) in [5, 5.41) is 5.04. The van der Waals surface area contributed by atoms with Gasteiger partial charge in [0.15, 0.2) is 0 Å². The first kappa shape index (κ1) is 17.1. The van der Waals surface area contributed by atoms with Crippen LogP contribution in [-0.4, -0.2) is 17.9 Å². The molecule has 0 spiro atoms. The van der Waals surface area contributed by atoms with Crippen molar-refractivity contribution in [1.82, 2.24) is 5.32 Å². The fourth-order valence-electron chi connectivity index (χ4n) is 2.80. The van der Waals surface area contributed by atoms with Gasteiger partial charge in [0.25, 0.3) is 0 Å². The van der Waals surface area contributed by atoms with Gasteiger partial charge in [0.05, 0.1) is 11.1 Å². The van der Waals surface area contributed by atoms with E-state index >= 15 is 0 Å². The van der Waals surface area contributed by atoms with Gasteiger partial charge in [0.1, 0.15) is 17.7 Å². The summed E-state index contributed by atoms with van der Waals surface area (Å²) in [5.74, 6) is -1.92. The number of para-hydroxylation sites is 1. The van der Waals surface area contributed by atoms with Crippen molar-refractivity contribution in [3.05, 3.63) is 65.7 Å². The van der Waals surface area contributed by atoms with Gasteiger partial charge < -0.3 is 10.6 Å². The minimum Gasteiger partial charge on any atom is -0.344 e. The molecular formula is C19H18F2N2O2. The Bertz CT molecular complexity index is 819. The minimum atomic E-state index is -0.919. The molecule has 1 aliphatic rings. The number of rotatable bonds is 5. The molecule has 0 heterocycles. The van der Waals surface area contributed by atoms with Crippen molar-refractivity contribution in [3.8, 4) is 0 Å². The number of benzene rings is 2. The van der Waals surface area contributed by atoms with Gasteiger partial charge in [-0.05, 0) is 38.0 Å². The number of carbonyl (C=O) groups is 2. The molecule has 25 heavy (non-hydrogen) atoms. The maximum absolute atomic E-state index is 14.0. The summed E-state index contributed by atoms with van der Waals surface area (Å²) >= 11 is 0. The Hall–Kier alpha value is -2.76.